The highest BCUT2D eigenvalue weighted by atomic mass is 16.5. The number of Topliss-reactive ketones (excluding diaryl/α,β-unsaturated/α-hetero) is 1. The van der Waals surface area contributed by atoms with E-state index in [9.17, 15) is 4.79 Å². The molecule has 3 heteroatoms. The number of hydrogen-bond donors (Lipinski definition) is 0. The van der Waals surface area contributed by atoms with Gasteiger partial charge in [0, 0.05) is 12.5 Å². The van der Waals surface area contributed by atoms with Crippen LogP contribution in [0, 0.1) is 5.92 Å². The van der Waals surface area contributed by atoms with Gasteiger partial charge < -0.3 is 4.74 Å². The minimum atomic E-state index is -0.289. The number of carbonyl (C=O) groups excluding carboxylic acids is 1. The van der Waals surface area contributed by atoms with E-state index < -0.39 is 0 Å². The molecule has 3 fully saturated rings. The first-order chi connectivity index (χ1) is 10.0. The maximum Gasteiger partial charge on any atom is 0.155 e. The third-order valence-corrected chi connectivity index (χ3v) is 6.13. The lowest BCUT2D eigenvalue weighted by atomic mass is 9.76. The zero-order valence-electron chi connectivity index (χ0n) is 13.8. The zero-order valence-corrected chi connectivity index (χ0v) is 13.8. The fourth-order valence-electron chi connectivity index (χ4n) is 4.73. The summed E-state index contributed by atoms with van der Waals surface area (Å²) in [6.07, 6.45) is 10.6. The van der Waals surface area contributed by atoms with Crippen LogP contribution >= 0.6 is 0 Å². The van der Waals surface area contributed by atoms with Crippen LogP contribution in [0.25, 0.3) is 0 Å². The second kappa shape index (κ2) is 6.00. The van der Waals surface area contributed by atoms with Gasteiger partial charge in [-0.2, -0.15) is 0 Å². The van der Waals surface area contributed by atoms with E-state index in [2.05, 4.69) is 18.7 Å². The first kappa shape index (κ1) is 15.5. The van der Waals surface area contributed by atoms with Crippen LogP contribution in [0.1, 0.15) is 71.6 Å². The van der Waals surface area contributed by atoms with Crippen LogP contribution in [0.2, 0.25) is 0 Å². The Balaban J connectivity index is 1.68. The molecule has 2 heterocycles. The molecular weight excluding hydrogens is 262 g/mol. The van der Waals surface area contributed by atoms with Gasteiger partial charge in [0.1, 0.15) is 0 Å². The van der Waals surface area contributed by atoms with Gasteiger partial charge in [-0.1, -0.05) is 19.3 Å². The lowest BCUT2D eigenvalue weighted by molar-refractivity contribution is -0.146. The Labute approximate surface area is 129 Å². The molecule has 120 valence electrons. The normalized spacial score (nSPS) is 30.7. The van der Waals surface area contributed by atoms with E-state index in [1.165, 1.54) is 44.9 Å². The van der Waals surface area contributed by atoms with Crippen molar-refractivity contribution in [2.75, 3.05) is 19.7 Å². The molecule has 1 saturated carbocycles. The highest BCUT2D eigenvalue weighted by molar-refractivity contribution is 5.89. The van der Waals surface area contributed by atoms with Crippen LogP contribution in [0.5, 0.6) is 0 Å². The van der Waals surface area contributed by atoms with Crippen LogP contribution in [-0.2, 0) is 9.53 Å². The van der Waals surface area contributed by atoms with Gasteiger partial charge >= 0.3 is 0 Å². The Kier molecular flexibility index (Phi) is 4.42. The lowest BCUT2D eigenvalue weighted by Crippen LogP contribution is -2.55. The number of hydrogen-bond acceptors (Lipinski definition) is 3. The molecule has 1 atom stereocenters. The molecule has 0 aromatic carbocycles. The summed E-state index contributed by atoms with van der Waals surface area (Å²) in [5.41, 5.74) is -0.237. The highest BCUT2D eigenvalue weighted by Gasteiger charge is 2.46. The molecule has 3 aliphatic rings. The Hall–Kier alpha value is -0.410. The van der Waals surface area contributed by atoms with Crippen molar-refractivity contribution in [3.63, 3.8) is 0 Å². The number of rotatable bonds is 3. The molecule has 0 amide bonds. The molecule has 0 bridgehead atoms. The second-order valence-corrected chi connectivity index (χ2v) is 7.90. The van der Waals surface area contributed by atoms with Crippen molar-refractivity contribution in [1.82, 2.24) is 4.90 Å². The largest absolute Gasteiger partial charge is 0.375 e. The van der Waals surface area contributed by atoms with Crippen molar-refractivity contribution in [2.24, 2.45) is 5.92 Å². The summed E-state index contributed by atoms with van der Waals surface area (Å²) in [5, 5.41) is 0. The molecule has 2 saturated heterocycles. The van der Waals surface area contributed by atoms with Crippen LogP contribution in [-0.4, -0.2) is 41.5 Å². The average Bonchev–Trinajstić information content (AvgIpc) is 2.95. The van der Waals surface area contributed by atoms with E-state index in [4.69, 9.17) is 4.74 Å². The first-order valence-corrected chi connectivity index (χ1v) is 8.97. The van der Waals surface area contributed by atoms with Crippen molar-refractivity contribution in [2.45, 2.75) is 82.8 Å². The minimum absolute atomic E-state index is 0.0521. The van der Waals surface area contributed by atoms with Gasteiger partial charge in [-0.15, -0.1) is 0 Å². The van der Waals surface area contributed by atoms with Crippen molar-refractivity contribution in [3.8, 4) is 0 Å². The van der Waals surface area contributed by atoms with Gasteiger partial charge in [0.05, 0.1) is 11.1 Å². The Morgan fingerprint density at radius 3 is 2.43 bits per heavy atom. The number of nitrogens with zero attached hydrogens (tertiary/aromatic N) is 1. The summed E-state index contributed by atoms with van der Waals surface area (Å²) in [4.78, 5) is 15.6. The predicted octanol–water partition coefficient (Wildman–Crippen LogP) is 3.56. The quantitative estimate of drug-likeness (QED) is 0.797. The summed E-state index contributed by atoms with van der Waals surface area (Å²) in [7, 11) is 0. The fourth-order valence-corrected chi connectivity index (χ4v) is 4.73. The molecule has 1 unspecified atom stereocenters. The van der Waals surface area contributed by atoms with Crippen LogP contribution in [0.4, 0.5) is 0 Å². The topological polar surface area (TPSA) is 29.5 Å². The molecule has 3 nitrogen and oxygen atoms in total. The van der Waals surface area contributed by atoms with E-state index in [1.54, 1.807) is 0 Å². The molecule has 2 aliphatic heterocycles. The van der Waals surface area contributed by atoms with E-state index in [0.29, 0.717) is 5.78 Å². The highest BCUT2D eigenvalue weighted by Crippen LogP contribution is 2.43. The molecular formula is C18H31NO2. The molecule has 21 heavy (non-hydrogen) atoms. The van der Waals surface area contributed by atoms with Gasteiger partial charge in [0.2, 0.25) is 0 Å². The van der Waals surface area contributed by atoms with Gasteiger partial charge in [0.15, 0.2) is 5.78 Å². The predicted molar refractivity (Wildman–Crippen MR) is 84.4 cm³/mol. The standard InChI is InChI=1S/C18H31NO2/c1-17(2,19-11-6-3-7-12-19)16(20)15-8-13-21-18(14-15)9-4-5-10-18/h15H,3-14H2,1-2H3. The SMILES string of the molecule is CC(C)(C(=O)C1CCOC2(CCCC2)C1)N1CCCCC1. The van der Waals surface area contributed by atoms with Crippen LogP contribution in [0.3, 0.4) is 0 Å². The van der Waals surface area contributed by atoms with E-state index in [1.807, 2.05) is 0 Å². The second-order valence-electron chi connectivity index (χ2n) is 7.90. The van der Waals surface area contributed by atoms with Crippen molar-refractivity contribution in [3.05, 3.63) is 0 Å². The van der Waals surface area contributed by atoms with Crippen LogP contribution in [0.15, 0.2) is 0 Å². The molecule has 0 N–H and O–H groups in total. The molecule has 0 aromatic rings. The van der Waals surface area contributed by atoms with Gasteiger partial charge in [0.25, 0.3) is 0 Å². The summed E-state index contributed by atoms with van der Waals surface area (Å²) < 4.78 is 6.10. The van der Waals surface area contributed by atoms with Crippen molar-refractivity contribution < 1.29 is 9.53 Å². The number of likely N-dealkylation sites (tertiary alicyclic amines) is 1. The van der Waals surface area contributed by atoms with E-state index >= 15 is 0 Å². The number of piperidine rings is 1. The smallest absolute Gasteiger partial charge is 0.155 e. The zero-order chi connectivity index (χ0) is 14.9. The number of carbonyl (C=O) groups is 1. The Morgan fingerprint density at radius 1 is 1.10 bits per heavy atom. The molecule has 0 radical (unpaired) electrons. The average molecular weight is 293 g/mol. The first-order valence-electron chi connectivity index (χ1n) is 8.97. The number of ether oxygens (including phenoxy) is 1. The summed E-state index contributed by atoms with van der Waals surface area (Å²) >= 11 is 0. The summed E-state index contributed by atoms with van der Waals surface area (Å²) in [5.74, 6) is 0.688. The fraction of sp³-hybridized carbons (Fsp3) is 0.944. The maximum atomic E-state index is 13.2. The Morgan fingerprint density at radius 2 is 1.76 bits per heavy atom. The molecule has 1 aliphatic carbocycles. The van der Waals surface area contributed by atoms with Gasteiger partial charge in [-0.3, -0.25) is 9.69 Å². The van der Waals surface area contributed by atoms with Gasteiger partial charge in [-0.25, -0.2) is 0 Å². The third kappa shape index (κ3) is 3.05. The maximum absolute atomic E-state index is 13.2. The van der Waals surface area contributed by atoms with E-state index in [0.717, 1.165) is 32.5 Å². The van der Waals surface area contributed by atoms with Crippen molar-refractivity contribution >= 4 is 5.78 Å². The van der Waals surface area contributed by atoms with Crippen molar-refractivity contribution in [1.29, 1.82) is 0 Å². The summed E-state index contributed by atoms with van der Waals surface area (Å²) in [6.45, 7) is 7.27. The number of ketones is 1. The third-order valence-electron chi connectivity index (χ3n) is 6.13. The summed E-state index contributed by atoms with van der Waals surface area (Å²) in [6, 6.07) is 0. The molecule has 3 rings (SSSR count). The Bertz CT molecular complexity index is 379. The van der Waals surface area contributed by atoms with Gasteiger partial charge in [-0.05, 0) is 65.5 Å². The monoisotopic (exact) mass is 293 g/mol. The minimum Gasteiger partial charge on any atom is -0.375 e. The lowest BCUT2D eigenvalue weighted by Gasteiger charge is -2.44. The molecule has 1 spiro atoms. The van der Waals surface area contributed by atoms with E-state index in [-0.39, 0.29) is 17.1 Å². The van der Waals surface area contributed by atoms with Crippen LogP contribution < -0.4 is 0 Å². The molecule has 0 aromatic heterocycles.